The molecule has 0 aliphatic heterocycles. The fourth-order valence-electron chi connectivity index (χ4n) is 2.21. The van der Waals surface area contributed by atoms with Crippen molar-refractivity contribution in [2.24, 2.45) is 0 Å². The molecule has 4 nitrogen and oxygen atoms in total. The number of nitrogens with zero attached hydrogens (tertiary/aromatic N) is 2. The zero-order valence-corrected chi connectivity index (χ0v) is 14.6. The molecule has 4 heteroatoms. The van der Waals surface area contributed by atoms with Crippen molar-refractivity contribution in [2.45, 2.75) is 38.7 Å². The summed E-state index contributed by atoms with van der Waals surface area (Å²) in [7, 11) is 5.92. The predicted octanol–water partition coefficient (Wildman–Crippen LogP) is 2.41. The van der Waals surface area contributed by atoms with Gasteiger partial charge in [0.25, 0.3) is 5.91 Å². The van der Waals surface area contributed by atoms with Gasteiger partial charge in [0.1, 0.15) is 0 Å². The highest BCUT2D eigenvalue weighted by Gasteiger charge is 2.14. The van der Waals surface area contributed by atoms with Crippen LogP contribution in [0.3, 0.4) is 0 Å². The first kappa shape index (κ1) is 18.7. The Balaban J connectivity index is 2.52. The maximum Gasteiger partial charge on any atom is 0.253 e. The van der Waals surface area contributed by atoms with Crippen LogP contribution >= 0.6 is 0 Å². The van der Waals surface area contributed by atoms with E-state index in [0.717, 1.165) is 37.1 Å². The number of carbonyl (C=O) groups excluding carboxylic acids is 1. The third-order valence-corrected chi connectivity index (χ3v) is 3.67. The highest BCUT2D eigenvalue weighted by Crippen LogP contribution is 2.14. The minimum atomic E-state index is -0.652. The van der Waals surface area contributed by atoms with E-state index in [9.17, 15) is 9.90 Å². The van der Waals surface area contributed by atoms with Crippen molar-refractivity contribution in [3.05, 3.63) is 35.4 Å². The van der Waals surface area contributed by atoms with E-state index >= 15 is 0 Å². The highest BCUT2D eigenvalue weighted by molar-refractivity contribution is 5.94. The molecule has 0 radical (unpaired) electrons. The quantitative estimate of drug-likeness (QED) is 0.802. The number of hydrogen-bond acceptors (Lipinski definition) is 3. The standard InChI is InChI=1S/C18H30N2O2/c1-18(2,22)12-11-15-7-9-16(10-8-15)17(21)20(5)14-6-13-19(3)4/h7-10,22H,6,11-14H2,1-5H3. The summed E-state index contributed by atoms with van der Waals surface area (Å²) in [6.07, 6.45) is 2.50. The summed E-state index contributed by atoms with van der Waals surface area (Å²) < 4.78 is 0. The van der Waals surface area contributed by atoms with Gasteiger partial charge in [-0.25, -0.2) is 0 Å². The third kappa shape index (κ3) is 7.05. The van der Waals surface area contributed by atoms with Crippen LogP contribution in [0.4, 0.5) is 0 Å². The lowest BCUT2D eigenvalue weighted by Gasteiger charge is -2.19. The minimum Gasteiger partial charge on any atom is -0.390 e. The molecule has 0 aromatic heterocycles. The Hall–Kier alpha value is -1.39. The molecule has 0 saturated carbocycles. The third-order valence-electron chi connectivity index (χ3n) is 3.67. The number of benzene rings is 1. The Morgan fingerprint density at radius 3 is 2.18 bits per heavy atom. The van der Waals surface area contributed by atoms with E-state index in [4.69, 9.17) is 0 Å². The molecule has 0 spiro atoms. The van der Waals surface area contributed by atoms with Gasteiger partial charge in [0.15, 0.2) is 0 Å². The largest absolute Gasteiger partial charge is 0.390 e. The van der Waals surface area contributed by atoms with Gasteiger partial charge in [-0.3, -0.25) is 4.79 Å². The van der Waals surface area contributed by atoms with Crippen LogP contribution in [-0.2, 0) is 6.42 Å². The Morgan fingerprint density at radius 1 is 1.09 bits per heavy atom. The summed E-state index contributed by atoms with van der Waals surface area (Å²) >= 11 is 0. The number of aliphatic hydroxyl groups is 1. The second-order valence-electron chi connectivity index (χ2n) is 6.89. The molecule has 0 saturated heterocycles. The summed E-state index contributed by atoms with van der Waals surface area (Å²) in [5.41, 5.74) is 1.22. The van der Waals surface area contributed by atoms with E-state index in [1.807, 2.05) is 59.3 Å². The molecule has 1 rings (SSSR count). The van der Waals surface area contributed by atoms with E-state index in [2.05, 4.69) is 4.90 Å². The van der Waals surface area contributed by atoms with Gasteiger partial charge in [-0.1, -0.05) is 12.1 Å². The van der Waals surface area contributed by atoms with Crippen molar-refractivity contribution in [1.82, 2.24) is 9.80 Å². The van der Waals surface area contributed by atoms with Gasteiger partial charge in [-0.15, -0.1) is 0 Å². The Morgan fingerprint density at radius 2 is 1.68 bits per heavy atom. The number of hydrogen-bond donors (Lipinski definition) is 1. The zero-order chi connectivity index (χ0) is 16.8. The summed E-state index contributed by atoms with van der Waals surface area (Å²) in [5, 5.41) is 9.75. The van der Waals surface area contributed by atoms with E-state index in [-0.39, 0.29) is 5.91 Å². The zero-order valence-electron chi connectivity index (χ0n) is 14.6. The molecule has 0 aliphatic carbocycles. The molecule has 0 fully saturated rings. The average Bonchev–Trinajstić information content (AvgIpc) is 2.43. The van der Waals surface area contributed by atoms with Gasteiger partial charge >= 0.3 is 0 Å². The Kier molecular flexibility index (Phi) is 7.04. The van der Waals surface area contributed by atoms with Crippen LogP contribution in [0.2, 0.25) is 0 Å². The van der Waals surface area contributed by atoms with Gasteiger partial charge in [0.2, 0.25) is 0 Å². The minimum absolute atomic E-state index is 0.0628. The molecule has 1 aromatic carbocycles. The fourth-order valence-corrected chi connectivity index (χ4v) is 2.21. The lowest BCUT2D eigenvalue weighted by molar-refractivity contribution is 0.0713. The number of carbonyl (C=O) groups is 1. The normalized spacial score (nSPS) is 11.8. The first-order valence-electron chi connectivity index (χ1n) is 7.90. The van der Waals surface area contributed by atoms with Gasteiger partial charge in [-0.05, 0) is 71.4 Å². The van der Waals surface area contributed by atoms with E-state index < -0.39 is 5.60 Å². The maximum atomic E-state index is 12.3. The molecule has 124 valence electrons. The van der Waals surface area contributed by atoms with Gasteiger partial charge in [0.05, 0.1) is 5.60 Å². The summed E-state index contributed by atoms with van der Waals surface area (Å²) in [5.74, 6) is 0.0628. The SMILES string of the molecule is CN(C)CCCN(C)C(=O)c1ccc(CCC(C)(C)O)cc1. The highest BCUT2D eigenvalue weighted by atomic mass is 16.3. The number of aryl methyl sites for hydroxylation is 1. The van der Waals surface area contributed by atoms with Crippen LogP contribution in [0.5, 0.6) is 0 Å². The molecule has 0 unspecified atom stereocenters. The molecular formula is C18H30N2O2. The molecule has 0 atom stereocenters. The molecule has 0 aliphatic rings. The van der Waals surface area contributed by atoms with E-state index in [1.54, 1.807) is 4.90 Å². The molecular weight excluding hydrogens is 276 g/mol. The molecule has 0 bridgehead atoms. The van der Waals surface area contributed by atoms with Gasteiger partial charge in [-0.2, -0.15) is 0 Å². The summed E-state index contributed by atoms with van der Waals surface area (Å²) in [4.78, 5) is 16.2. The molecule has 1 N–H and O–H groups in total. The van der Waals surface area contributed by atoms with Gasteiger partial charge < -0.3 is 14.9 Å². The topological polar surface area (TPSA) is 43.8 Å². The van der Waals surface area contributed by atoms with Gasteiger partial charge in [0, 0.05) is 19.2 Å². The van der Waals surface area contributed by atoms with E-state index in [1.165, 1.54) is 0 Å². The lowest BCUT2D eigenvalue weighted by Crippen LogP contribution is -2.29. The van der Waals surface area contributed by atoms with Crippen molar-refractivity contribution in [3.63, 3.8) is 0 Å². The lowest BCUT2D eigenvalue weighted by atomic mass is 9.98. The van der Waals surface area contributed by atoms with Crippen LogP contribution in [0.25, 0.3) is 0 Å². The van der Waals surface area contributed by atoms with Crippen molar-refractivity contribution in [3.8, 4) is 0 Å². The Labute approximate surface area is 134 Å². The smallest absolute Gasteiger partial charge is 0.253 e. The average molecular weight is 306 g/mol. The number of rotatable bonds is 8. The monoisotopic (exact) mass is 306 g/mol. The second kappa shape index (κ2) is 8.30. The number of amides is 1. The van der Waals surface area contributed by atoms with Crippen LogP contribution in [-0.4, -0.2) is 60.6 Å². The maximum absolute atomic E-state index is 12.3. The molecule has 1 amide bonds. The first-order chi connectivity index (χ1) is 10.2. The van der Waals surface area contributed by atoms with Crippen molar-refractivity contribution in [2.75, 3.05) is 34.2 Å². The van der Waals surface area contributed by atoms with Crippen LogP contribution < -0.4 is 0 Å². The van der Waals surface area contributed by atoms with Crippen LogP contribution in [0.15, 0.2) is 24.3 Å². The predicted molar refractivity (Wildman–Crippen MR) is 91.2 cm³/mol. The van der Waals surface area contributed by atoms with Crippen LogP contribution in [0, 0.1) is 0 Å². The first-order valence-corrected chi connectivity index (χ1v) is 7.90. The van der Waals surface area contributed by atoms with Crippen molar-refractivity contribution in [1.29, 1.82) is 0 Å². The molecule has 1 aromatic rings. The van der Waals surface area contributed by atoms with Crippen LogP contribution in [0.1, 0.15) is 42.6 Å². The van der Waals surface area contributed by atoms with Crippen molar-refractivity contribution < 1.29 is 9.90 Å². The fraction of sp³-hybridized carbons (Fsp3) is 0.611. The summed E-state index contributed by atoms with van der Waals surface area (Å²) in [6, 6.07) is 7.72. The van der Waals surface area contributed by atoms with E-state index in [0.29, 0.717) is 6.42 Å². The molecule has 22 heavy (non-hydrogen) atoms. The van der Waals surface area contributed by atoms with Crippen molar-refractivity contribution >= 4 is 5.91 Å². The molecule has 0 heterocycles. The second-order valence-corrected chi connectivity index (χ2v) is 6.89. The summed E-state index contributed by atoms with van der Waals surface area (Å²) in [6.45, 7) is 5.37. The Bertz CT molecular complexity index is 461.